The zero-order chi connectivity index (χ0) is 17.1. The van der Waals surface area contributed by atoms with Gasteiger partial charge in [0.1, 0.15) is 23.7 Å². The summed E-state index contributed by atoms with van der Waals surface area (Å²) in [6.07, 6.45) is 7.13. The minimum absolute atomic E-state index is 0.0176. The lowest BCUT2D eigenvalue weighted by Gasteiger charge is -2.35. The fourth-order valence-electron chi connectivity index (χ4n) is 2.93. The van der Waals surface area contributed by atoms with Crippen LogP contribution >= 0.6 is 0 Å². The molecule has 0 N–H and O–H groups in total. The second-order valence-electron chi connectivity index (χ2n) is 5.82. The molecule has 7 nitrogen and oxygen atoms in total. The van der Waals surface area contributed by atoms with Gasteiger partial charge in [-0.05, 0) is 24.3 Å². The Morgan fingerprint density at radius 3 is 2.36 bits per heavy atom. The highest BCUT2D eigenvalue weighted by Crippen LogP contribution is 2.17. The quantitative estimate of drug-likeness (QED) is 0.728. The van der Waals surface area contributed by atoms with Crippen LogP contribution < -0.4 is 4.90 Å². The number of aromatic nitrogens is 4. The average molecular weight is 334 g/mol. The van der Waals surface area contributed by atoms with E-state index in [9.17, 15) is 4.79 Å². The van der Waals surface area contributed by atoms with Gasteiger partial charge in [0.05, 0.1) is 0 Å². The van der Waals surface area contributed by atoms with E-state index in [1.54, 1.807) is 18.6 Å². The second kappa shape index (κ2) is 6.72. The summed E-state index contributed by atoms with van der Waals surface area (Å²) in [6, 6.07) is 11.3. The smallest absolute Gasteiger partial charge is 0.272 e. The van der Waals surface area contributed by atoms with Crippen molar-refractivity contribution in [3.63, 3.8) is 0 Å². The van der Waals surface area contributed by atoms with E-state index in [-0.39, 0.29) is 5.91 Å². The Labute approximate surface area is 145 Å². The maximum Gasteiger partial charge on any atom is 0.272 e. The van der Waals surface area contributed by atoms with Crippen molar-refractivity contribution < 1.29 is 4.79 Å². The first kappa shape index (κ1) is 15.3. The molecule has 0 aliphatic carbocycles. The molecule has 1 amide bonds. The summed E-state index contributed by atoms with van der Waals surface area (Å²) in [6.45, 7) is 2.78. The van der Waals surface area contributed by atoms with Crippen molar-refractivity contribution in [2.45, 2.75) is 0 Å². The molecule has 1 fully saturated rings. The lowest BCUT2D eigenvalue weighted by atomic mass is 10.2. The molecular formula is C18H18N6O. The van der Waals surface area contributed by atoms with Gasteiger partial charge in [0.25, 0.3) is 5.91 Å². The summed E-state index contributed by atoms with van der Waals surface area (Å²) in [5, 5.41) is 0. The van der Waals surface area contributed by atoms with Crippen LogP contribution in [0, 0.1) is 0 Å². The van der Waals surface area contributed by atoms with Gasteiger partial charge in [0, 0.05) is 50.8 Å². The molecule has 0 atom stereocenters. The lowest BCUT2D eigenvalue weighted by molar-refractivity contribution is 0.0740. The van der Waals surface area contributed by atoms with Crippen molar-refractivity contribution in [1.29, 1.82) is 0 Å². The van der Waals surface area contributed by atoms with Gasteiger partial charge in [-0.25, -0.2) is 9.97 Å². The SMILES string of the molecule is O=C(c1ccccn1)N1CCN(c2cc(-n3cccc3)ncn2)CC1. The Hall–Kier alpha value is -3.22. The van der Waals surface area contributed by atoms with Gasteiger partial charge in [0.15, 0.2) is 0 Å². The van der Waals surface area contributed by atoms with Gasteiger partial charge in [0.2, 0.25) is 0 Å². The first-order valence-electron chi connectivity index (χ1n) is 8.22. The molecule has 0 bridgehead atoms. The standard InChI is InChI=1S/C18H18N6O/c25-18(15-5-1-2-6-19-15)24-11-9-23(10-12-24)17-13-16(20-14-21-17)22-7-3-4-8-22/h1-8,13-14H,9-12H2. The number of amides is 1. The number of pyridine rings is 1. The van der Waals surface area contributed by atoms with Gasteiger partial charge in [-0.2, -0.15) is 0 Å². The van der Waals surface area contributed by atoms with Crippen LogP contribution in [0.2, 0.25) is 0 Å². The normalized spacial score (nSPS) is 14.6. The minimum Gasteiger partial charge on any atom is -0.353 e. The summed E-state index contributed by atoms with van der Waals surface area (Å²) in [7, 11) is 0. The van der Waals surface area contributed by atoms with E-state index in [0.29, 0.717) is 18.8 Å². The Morgan fingerprint density at radius 1 is 0.880 bits per heavy atom. The number of carbonyl (C=O) groups is 1. The highest BCUT2D eigenvalue weighted by atomic mass is 16.2. The molecule has 126 valence electrons. The second-order valence-corrected chi connectivity index (χ2v) is 5.82. The summed E-state index contributed by atoms with van der Waals surface area (Å²) in [4.78, 5) is 29.3. The van der Waals surface area contributed by atoms with Gasteiger partial charge < -0.3 is 14.4 Å². The zero-order valence-corrected chi connectivity index (χ0v) is 13.7. The van der Waals surface area contributed by atoms with E-state index >= 15 is 0 Å². The van der Waals surface area contributed by atoms with Crippen molar-refractivity contribution >= 4 is 11.7 Å². The molecule has 1 saturated heterocycles. The first-order chi connectivity index (χ1) is 12.3. The number of carbonyl (C=O) groups excluding carboxylic acids is 1. The first-order valence-corrected chi connectivity index (χ1v) is 8.22. The van der Waals surface area contributed by atoms with Crippen molar-refractivity contribution in [1.82, 2.24) is 24.4 Å². The zero-order valence-electron chi connectivity index (χ0n) is 13.7. The van der Waals surface area contributed by atoms with Crippen LogP contribution in [0.3, 0.4) is 0 Å². The molecule has 0 aromatic carbocycles. The van der Waals surface area contributed by atoms with Crippen LogP contribution in [0.1, 0.15) is 10.5 Å². The number of hydrogen-bond acceptors (Lipinski definition) is 5. The fourth-order valence-corrected chi connectivity index (χ4v) is 2.93. The number of rotatable bonds is 3. The molecule has 3 aromatic rings. The molecule has 4 rings (SSSR count). The van der Waals surface area contributed by atoms with Gasteiger partial charge in [-0.15, -0.1) is 0 Å². The van der Waals surface area contributed by atoms with Crippen LogP contribution in [-0.2, 0) is 0 Å². The molecule has 1 aliphatic rings. The predicted molar refractivity (Wildman–Crippen MR) is 93.7 cm³/mol. The Morgan fingerprint density at radius 2 is 1.64 bits per heavy atom. The molecule has 25 heavy (non-hydrogen) atoms. The van der Waals surface area contributed by atoms with Crippen LogP contribution in [0.25, 0.3) is 5.82 Å². The third kappa shape index (κ3) is 3.21. The van der Waals surface area contributed by atoms with E-state index < -0.39 is 0 Å². The Kier molecular flexibility index (Phi) is 4.12. The van der Waals surface area contributed by atoms with E-state index in [2.05, 4.69) is 19.9 Å². The third-order valence-corrected chi connectivity index (χ3v) is 4.28. The molecule has 0 unspecified atom stereocenters. The average Bonchev–Trinajstić information content (AvgIpc) is 3.23. The molecule has 3 aromatic heterocycles. The molecule has 0 radical (unpaired) electrons. The van der Waals surface area contributed by atoms with Crippen LogP contribution in [0.15, 0.2) is 61.3 Å². The summed E-state index contributed by atoms with van der Waals surface area (Å²) in [5.74, 6) is 1.70. The van der Waals surface area contributed by atoms with Gasteiger partial charge in [-0.1, -0.05) is 6.07 Å². The van der Waals surface area contributed by atoms with E-state index in [1.165, 1.54) is 0 Å². The molecule has 1 aliphatic heterocycles. The third-order valence-electron chi connectivity index (χ3n) is 4.28. The predicted octanol–water partition coefficient (Wildman–Crippen LogP) is 1.62. The topological polar surface area (TPSA) is 67.2 Å². The van der Waals surface area contributed by atoms with Crippen molar-refractivity contribution in [3.05, 3.63) is 67.0 Å². The maximum atomic E-state index is 12.5. The van der Waals surface area contributed by atoms with Crippen LogP contribution in [0.4, 0.5) is 5.82 Å². The largest absolute Gasteiger partial charge is 0.353 e. The lowest BCUT2D eigenvalue weighted by Crippen LogP contribution is -2.49. The maximum absolute atomic E-state index is 12.5. The summed E-state index contributed by atoms with van der Waals surface area (Å²) >= 11 is 0. The number of hydrogen-bond donors (Lipinski definition) is 0. The van der Waals surface area contributed by atoms with Crippen LogP contribution in [0.5, 0.6) is 0 Å². The molecule has 4 heterocycles. The number of anilines is 1. The van der Waals surface area contributed by atoms with E-state index in [1.807, 2.05) is 52.2 Å². The Balaban J connectivity index is 1.44. The Bertz CT molecular complexity index is 841. The molecule has 7 heteroatoms. The molecule has 0 saturated carbocycles. The summed E-state index contributed by atoms with van der Waals surface area (Å²) in [5.41, 5.74) is 0.493. The molecule has 0 spiro atoms. The summed E-state index contributed by atoms with van der Waals surface area (Å²) < 4.78 is 1.95. The van der Waals surface area contributed by atoms with E-state index in [4.69, 9.17) is 0 Å². The van der Waals surface area contributed by atoms with Crippen molar-refractivity contribution in [2.75, 3.05) is 31.1 Å². The van der Waals surface area contributed by atoms with E-state index in [0.717, 1.165) is 24.7 Å². The highest BCUT2D eigenvalue weighted by molar-refractivity contribution is 5.92. The van der Waals surface area contributed by atoms with Gasteiger partial charge >= 0.3 is 0 Å². The van der Waals surface area contributed by atoms with Crippen LogP contribution in [-0.4, -0.2) is 56.5 Å². The minimum atomic E-state index is -0.0176. The highest BCUT2D eigenvalue weighted by Gasteiger charge is 2.23. The fraction of sp³-hybridized carbons (Fsp3) is 0.222. The number of nitrogens with zero attached hydrogens (tertiary/aromatic N) is 6. The number of piperazine rings is 1. The van der Waals surface area contributed by atoms with Crippen molar-refractivity contribution in [2.24, 2.45) is 0 Å². The molecular weight excluding hydrogens is 316 g/mol. The monoisotopic (exact) mass is 334 g/mol. The van der Waals surface area contributed by atoms with Crippen molar-refractivity contribution in [3.8, 4) is 5.82 Å². The van der Waals surface area contributed by atoms with Gasteiger partial charge in [-0.3, -0.25) is 9.78 Å².